The molecule has 2 N–H and O–H groups in total. The van der Waals surface area contributed by atoms with Crippen molar-refractivity contribution < 1.29 is 27.7 Å². The Morgan fingerprint density at radius 1 is 1.03 bits per heavy atom. The Morgan fingerprint density at radius 2 is 1.76 bits per heavy atom. The number of aromatic nitrogens is 2. The van der Waals surface area contributed by atoms with Gasteiger partial charge >= 0.3 is 5.97 Å². The van der Waals surface area contributed by atoms with Crippen molar-refractivity contribution in [2.24, 2.45) is 5.92 Å². The Balaban J connectivity index is 1.47. The number of benzene rings is 3. The molecule has 5 aromatic rings. The first kappa shape index (κ1) is 25.1. The fraction of sp³-hybridized carbons (Fsp3) is 0.154. The average molecular weight is 535 g/mol. The van der Waals surface area contributed by atoms with Gasteiger partial charge in [-0.05, 0) is 54.4 Å². The Morgan fingerprint density at radius 3 is 2.42 bits per heavy atom. The highest BCUT2D eigenvalue weighted by molar-refractivity contribution is 7.89. The summed E-state index contributed by atoms with van der Waals surface area (Å²) in [5.41, 5.74) is 2.98. The largest absolute Gasteiger partial charge is 0.480 e. The summed E-state index contributed by atoms with van der Waals surface area (Å²) in [6.07, 6.45) is 1.77. The third-order valence-corrected chi connectivity index (χ3v) is 7.62. The molecule has 0 aliphatic carbocycles. The molecule has 1 atom stereocenters. The van der Waals surface area contributed by atoms with Crippen LogP contribution < -0.4 is 4.72 Å². The quantitative estimate of drug-likeness (QED) is 0.213. The molecular weight excluding hydrogens is 512 g/mol. The Kier molecular flexibility index (Phi) is 6.21. The highest BCUT2D eigenvalue weighted by atomic mass is 32.2. The molecule has 5 rings (SSSR count). The SMILES string of the molecule is CC(C)[C@H](NS(=O)(=O)c1ccc2c(c1)oc1ccc(-n3ccc(-c4ccc([N+](=O)[O-])cc4)n3)cc12)C(=O)O. The standard InChI is InChI=1S/C26H22N4O7S/c1-15(2)25(26(31)32)28-38(35,36)19-8-9-20-21-13-18(7-10-23(21)37-24(20)14-19)29-12-11-22(27-29)16-3-5-17(6-4-16)30(33)34/h3-15,25,28H,1-2H3,(H,31,32)/t25-/m0/s1. The zero-order chi connectivity index (χ0) is 27.2. The molecule has 0 saturated carbocycles. The second kappa shape index (κ2) is 9.39. The van der Waals surface area contributed by atoms with E-state index in [4.69, 9.17) is 4.42 Å². The Hall–Kier alpha value is -4.55. The van der Waals surface area contributed by atoms with E-state index >= 15 is 0 Å². The zero-order valence-electron chi connectivity index (χ0n) is 20.2. The van der Waals surface area contributed by atoms with Gasteiger partial charge in [-0.1, -0.05) is 13.8 Å². The minimum absolute atomic E-state index is 0.00108. The van der Waals surface area contributed by atoms with Crippen LogP contribution in [0, 0.1) is 16.0 Å². The molecule has 2 aromatic heterocycles. The third kappa shape index (κ3) is 4.62. The van der Waals surface area contributed by atoms with Crippen LogP contribution in [0.25, 0.3) is 38.9 Å². The first-order valence-electron chi connectivity index (χ1n) is 11.6. The highest BCUT2D eigenvalue weighted by Crippen LogP contribution is 2.32. The van der Waals surface area contributed by atoms with Gasteiger partial charge in [0.25, 0.3) is 5.69 Å². The number of nitrogens with zero attached hydrogens (tertiary/aromatic N) is 3. The van der Waals surface area contributed by atoms with Gasteiger partial charge in [0.05, 0.1) is 21.2 Å². The highest BCUT2D eigenvalue weighted by Gasteiger charge is 2.28. The molecule has 11 nitrogen and oxygen atoms in total. The zero-order valence-corrected chi connectivity index (χ0v) is 21.0. The maximum atomic E-state index is 12.9. The van der Waals surface area contributed by atoms with Crippen molar-refractivity contribution in [3.63, 3.8) is 0 Å². The number of carbonyl (C=O) groups is 1. The van der Waals surface area contributed by atoms with E-state index in [1.807, 2.05) is 6.07 Å². The lowest BCUT2D eigenvalue weighted by Gasteiger charge is -2.17. The summed E-state index contributed by atoms with van der Waals surface area (Å²) < 4.78 is 35.5. The molecule has 0 fully saturated rings. The second-order valence-electron chi connectivity index (χ2n) is 9.07. The normalized spacial score (nSPS) is 12.8. The van der Waals surface area contributed by atoms with Crippen LogP contribution in [0.4, 0.5) is 5.69 Å². The van der Waals surface area contributed by atoms with E-state index in [2.05, 4.69) is 9.82 Å². The van der Waals surface area contributed by atoms with Crippen molar-refractivity contribution in [3.8, 4) is 16.9 Å². The number of non-ortho nitro benzene ring substituents is 1. The molecule has 0 aliphatic rings. The maximum Gasteiger partial charge on any atom is 0.322 e. The summed E-state index contributed by atoms with van der Waals surface area (Å²) in [5.74, 6) is -1.70. The Labute approximate surface area is 216 Å². The average Bonchev–Trinajstić information content (AvgIpc) is 3.51. The van der Waals surface area contributed by atoms with Crippen LogP contribution >= 0.6 is 0 Å². The predicted octanol–water partition coefficient (Wildman–Crippen LogP) is 4.73. The lowest BCUT2D eigenvalue weighted by molar-refractivity contribution is -0.384. The first-order chi connectivity index (χ1) is 18.0. The van der Waals surface area contributed by atoms with Crippen LogP contribution in [0.15, 0.2) is 82.2 Å². The summed E-state index contributed by atoms with van der Waals surface area (Å²) in [4.78, 5) is 21.8. The van der Waals surface area contributed by atoms with Gasteiger partial charge in [-0.25, -0.2) is 13.1 Å². The molecule has 3 aromatic carbocycles. The molecule has 0 unspecified atom stereocenters. The number of carboxylic acid groups (broad SMARTS) is 1. The van der Waals surface area contributed by atoms with Crippen LogP contribution in [0.5, 0.6) is 0 Å². The number of nitro groups is 1. The third-order valence-electron chi connectivity index (χ3n) is 6.18. The van der Waals surface area contributed by atoms with Crippen molar-refractivity contribution in [1.29, 1.82) is 0 Å². The maximum absolute atomic E-state index is 12.9. The van der Waals surface area contributed by atoms with Crippen molar-refractivity contribution in [2.75, 3.05) is 0 Å². The molecule has 0 saturated heterocycles. The molecule has 12 heteroatoms. The minimum atomic E-state index is -4.10. The number of nitrogens with one attached hydrogen (secondary N) is 1. The van der Waals surface area contributed by atoms with E-state index in [-0.39, 0.29) is 10.6 Å². The van der Waals surface area contributed by atoms with E-state index < -0.39 is 32.9 Å². The lowest BCUT2D eigenvalue weighted by Crippen LogP contribution is -2.44. The minimum Gasteiger partial charge on any atom is -0.480 e. The summed E-state index contributed by atoms with van der Waals surface area (Å²) in [5, 5.41) is 26.3. The molecule has 194 valence electrons. The van der Waals surface area contributed by atoms with Gasteiger partial charge in [0, 0.05) is 40.7 Å². The van der Waals surface area contributed by atoms with E-state index in [9.17, 15) is 28.4 Å². The van der Waals surface area contributed by atoms with Gasteiger partial charge in [0.1, 0.15) is 17.2 Å². The molecular formula is C26H22N4O7S. The van der Waals surface area contributed by atoms with Crippen LogP contribution in [-0.2, 0) is 14.8 Å². The first-order valence-corrected chi connectivity index (χ1v) is 13.0. The van der Waals surface area contributed by atoms with Crippen molar-refractivity contribution in [1.82, 2.24) is 14.5 Å². The second-order valence-corrected chi connectivity index (χ2v) is 10.8. The van der Waals surface area contributed by atoms with Crippen molar-refractivity contribution in [2.45, 2.75) is 24.8 Å². The summed E-state index contributed by atoms with van der Waals surface area (Å²) in [7, 11) is -4.10. The molecule has 0 aliphatic heterocycles. The summed E-state index contributed by atoms with van der Waals surface area (Å²) in [6.45, 7) is 3.24. The molecule has 38 heavy (non-hydrogen) atoms. The number of hydrogen-bond donors (Lipinski definition) is 2. The van der Waals surface area contributed by atoms with Gasteiger partial charge in [0.15, 0.2) is 0 Å². The van der Waals surface area contributed by atoms with Crippen LogP contribution in [-0.4, -0.2) is 40.2 Å². The van der Waals surface area contributed by atoms with Crippen LogP contribution in [0.1, 0.15) is 13.8 Å². The van der Waals surface area contributed by atoms with E-state index in [0.717, 1.165) is 16.6 Å². The predicted molar refractivity (Wildman–Crippen MR) is 140 cm³/mol. The fourth-order valence-corrected chi connectivity index (χ4v) is 5.49. The summed E-state index contributed by atoms with van der Waals surface area (Å²) >= 11 is 0. The van der Waals surface area contributed by atoms with Crippen molar-refractivity contribution in [3.05, 3.63) is 83.0 Å². The Bertz CT molecular complexity index is 1800. The molecule has 2 heterocycles. The number of furan rings is 1. The van der Waals surface area contributed by atoms with Crippen LogP contribution in [0.3, 0.4) is 0 Å². The van der Waals surface area contributed by atoms with Crippen LogP contribution in [0.2, 0.25) is 0 Å². The van der Waals surface area contributed by atoms with Crippen molar-refractivity contribution >= 4 is 43.6 Å². The van der Waals surface area contributed by atoms with Gasteiger partial charge < -0.3 is 9.52 Å². The van der Waals surface area contributed by atoms with Gasteiger partial charge in [-0.3, -0.25) is 14.9 Å². The van der Waals surface area contributed by atoms with Gasteiger partial charge in [-0.2, -0.15) is 9.82 Å². The monoisotopic (exact) mass is 534 g/mol. The fourth-order valence-electron chi connectivity index (χ4n) is 4.14. The number of carboxylic acids is 1. The number of nitro benzene ring substituents is 1. The topological polar surface area (TPSA) is 158 Å². The molecule has 0 radical (unpaired) electrons. The smallest absolute Gasteiger partial charge is 0.322 e. The van der Waals surface area contributed by atoms with E-state index in [0.29, 0.717) is 22.2 Å². The number of sulfonamides is 1. The number of rotatable bonds is 8. The molecule has 0 amide bonds. The molecule has 0 bridgehead atoms. The van der Waals surface area contributed by atoms with Gasteiger partial charge in [0.2, 0.25) is 10.0 Å². The summed E-state index contributed by atoms with van der Waals surface area (Å²) in [6, 6.07) is 16.5. The van der Waals surface area contributed by atoms with Gasteiger partial charge in [-0.15, -0.1) is 0 Å². The van der Waals surface area contributed by atoms with E-state index in [1.165, 1.54) is 24.3 Å². The number of hydrogen-bond acceptors (Lipinski definition) is 7. The van der Waals surface area contributed by atoms with E-state index in [1.54, 1.807) is 61.1 Å². The number of fused-ring (bicyclic) bond motifs is 3. The lowest BCUT2D eigenvalue weighted by atomic mass is 10.1. The molecule has 0 spiro atoms. The number of aliphatic carboxylic acids is 1.